The molecule has 0 spiro atoms. The molecule has 0 aromatic carbocycles. The van der Waals surface area contributed by atoms with Gasteiger partial charge < -0.3 is 0 Å². The van der Waals surface area contributed by atoms with E-state index in [1.807, 2.05) is 19.1 Å². The summed E-state index contributed by atoms with van der Waals surface area (Å²) in [5.74, 6) is 1.09. The number of allylic oxidation sites excluding steroid dienone is 4. The van der Waals surface area contributed by atoms with Crippen molar-refractivity contribution in [3.8, 4) is 0 Å². The lowest BCUT2D eigenvalue weighted by Crippen LogP contribution is -2.06. The summed E-state index contributed by atoms with van der Waals surface area (Å²) >= 11 is 0. The number of hydrogen-bond acceptors (Lipinski definition) is 1. The number of carbonyl (C=O) groups excluding carboxylic acids is 1. The van der Waals surface area contributed by atoms with Gasteiger partial charge in [0, 0.05) is 0 Å². The normalized spacial score (nSPS) is 18.8. The van der Waals surface area contributed by atoms with Crippen LogP contribution in [0.2, 0.25) is 0 Å². The van der Waals surface area contributed by atoms with Crippen molar-refractivity contribution in [1.82, 2.24) is 0 Å². The highest BCUT2D eigenvalue weighted by molar-refractivity contribution is 5.92. The number of ketones is 1. The van der Waals surface area contributed by atoms with E-state index in [1.54, 1.807) is 6.92 Å². The zero-order chi connectivity index (χ0) is 7.56. The molecule has 1 nitrogen and oxygen atoms in total. The van der Waals surface area contributed by atoms with Crippen molar-refractivity contribution < 1.29 is 4.79 Å². The average Bonchev–Trinajstić information content (AvgIpc) is 1.88. The predicted molar refractivity (Wildman–Crippen MR) is 41.4 cm³/mol. The van der Waals surface area contributed by atoms with Crippen molar-refractivity contribution in [2.45, 2.75) is 20.3 Å². The fourth-order valence-electron chi connectivity index (χ4n) is 0.900. The Kier molecular flexibility index (Phi) is 2.05. The van der Waals surface area contributed by atoms with Crippen LogP contribution in [-0.2, 0) is 4.79 Å². The van der Waals surface area contributed by atoms with Crippen molar-refractivity contribution in [3.05, 3.63) is 29.7 Å². The molecule has 0 aromatic rings. The third kappa shape index (κ3) is 1.56. The number of Topliss-reactive ketones (excluding diaryl/α,β-unsaturated/α-hetero) is 1. The van der Waals surface area contributed by atoms with E-state index in [4.69, 9.17) is 0 Å². The molecule has 0 amide bonds. The molecule has 0 heterocycles. The van der Waals surface area contributed by atoms with Gasteiger partial charge in [0.15, 0.2) is 0 Å². The smallest absolute Gasteiger partial charge is 0.141 e. The first kappa shape index (κ1) is 7.26. The van der Waals surface area contributed by atoms with E-state index in [0.717, 1.165) is 12.3 Å². The van der Waals surface area contributed by atoms with Crippen LogP contribution in [0.25, 0.3) is 0 Å². The van der Waals surface area contributed by atoms with Gasteiger partial charge in [-0.15, -0.1) is 0 Å². The molecular weight excluding hydrogens is 124 g/mol. The van der Waals surface area contributed by atoms with Gasteiger partial charge >= 0.3 is 0 Å². The van der Waals surface area contributed by atoms with E-state index in [2.05, 4.69) is 6.08 Å². The van der Waals surface area contributed by atoms with Crippen molar-refractivity contribution in [3.63, 3.8) is 0 Å². The molecule has 0 N–H and O–H groups in total. The molecule has 1 rings (SSSR count). The Hall–Kier alpha value is -0.850. The quantitative estimate of drug-likeness (QED) is 0.537. The lowest BCUT2D eigenvalue weighted by atomic mass is 9.94. The Morgan fingerprint density at radius 2 is 2.20 bits per heavy atom. The summed E-state index contributed by atoms with van der Waals surface area (Å²) in [7, 11) is 0. The first-order chi connectivity index (χ1) is 4.70. The van der Waals surface area contributed by atoms with E-state index in [1.165, 1.54) is 5.57 Å². The van der Waals surface area contributed by atoms with Gasteiger partial charge in [-0.05, 0) is 20.3 Å². The minimum Gasteiger partial charge on any atom is -0.299 e. The predicted octanol–water partition coefficient (Wildman–Crippen LogP) is 2.06. The molecule has 1 aliphatic carbocycles. The number of carbonyl (C=O) groups is 1. The number of rotatable bonds is 1. The Morgan fingerprint density at radius 1 is 1.50 bits per heavy atom. The molecule has 0 aliphatic heterocycles. The van der Waals surface area contributed by atoms with Gasteiger partial charge in [-0.2, -0.15) is 0 Å². The van der Waals surface area contributed by atoms with Gasteiger partial charge in [0.1, 0.15) is 5.78 Å². The second kappa shape index (κ2) is 2.82. The Bertz CT molecular complexity index is 199. The monoisotopic (exact) mass is 135 g/mol. The molecule has 53 valence electrons. The maximum Gasteiger partial charge on any atom is 0.141 e. The average molecular weight is 135 g/mol. The minimum absolute atomic E-state index is 0.181. The van der Waals surface area contributed by atoms with Gasteiger partial charge in [0.2, 0.25) is 0 Å². The third-order valence-corrected chi connectivity index (χ3v) is 1.64. The van der Waals surface area contributed by atoms with E-state index in [-0.39, 0.29) is 5.78 Å². The maximum atomic E-state index is 10.8. The fraction of sp³-hybridized carbons (Fsp3) is 0.333. The molecule has 0 fully saturated rings. The molecule has 0 atom stereocenters. The zero-order valence-corrected chi connectivity index (χ0v) is 6.35. The third-order valence-electron chi connectivity index (χ3n) is 1.64. The summed E-state index contributed by atoms with van der Waals surface area (Å²) in [4.78, 5) is 10.8. The molecule has 0 bridgehead atoms. The van der Waals surface area contributed by atoms with Crippen LogP contribution >= 0.6 is 0 Å². The molecule has 10 heavy (non-hydrogen) atoms. The van der Waals surface area contributed by atoms with Crippen molar-refractivity contribution in [1.29, 1.82) is 0 Å². The largest absolute Gasteiger partial charge is 0.299 e. The number of hydrogen-bond donors (Lipinski definition) is 0. The standard InChI is InChI=1S/C9H11O/c1-7-3-5-9(6-4-7)8(2)10/h3-5H,6H2,1-2H3. The topological polar surface area (TPSA) is 17.1 Å². The van der Waals surface area contributed by atoms with E-state index in [9.17, 15) is 4.79 Å². The molecular formula is C9H11O. The van der Waals surface area contributed by atoms with Gasteiger partial charge in [-0.1, -0.05) is 23.8 Å². The van der Waals surface area contributed by atoms with Crippen molar-refractivity contribution >= 4 is 5.78 Å². The molecule has 0 unspecified atom stereocenters. The van der Waals surface area contributed by atoms with Gasteiger partial charge in [-0.3, -0.25) is 4.79 Å². The van der Waals surface area contributed by atoms with Crippen LogP contribution in [0.3, 0.4) is 0 Å². The van der Waals surface area contributed by atoms with Gasteiger partial charge in [-0.25, -0.2) is 0 Å². The summed E-state index contributed by atoms with van der Waals surface area (Å²) in [5.41, 5.74) is 1.24. The van der Waals surface area contributed by atoms with Crippen LogP contribution in [-0.4, -0.2) is 5.78 Å². The van der Waals surface area contributed by atoms with Crippen LogP contribution in [0.15, 0.2) is 23.8 Å². The fourth-order valence-corrected chi connectivity index (χ4v) is 0.900. The Morgan fingerprint density at radius 3 is 2.60 bits per heavy atom. The van der Waals surface area contributed by atoms with Crippen LogP contribution in [0.4, 0.5) is 0 Å². The SMILES string of the molecule is CC(=O)[C]1C=CC(C)=CC1. The molecule has 0 saturated heterocycles. The lowest BCUT2D eigenvalue weighted by Gasteiger charge is -2.09. The van der Waals surface area contributed by atoms with E-state index in [0.29, 0.717) is 0 Å². The Labute approximate surface area is 61.4 Å². The summed E-state index contributed by atoms with van der Waals surface area (Å²) in [6.45, 7) is 3.64. The van der Waals surface area contributed by atoms with E-state index >= 15 is 0 Å². The van der Waals surface area contributed by atoms with Crippen LogP contribution in [0.1, 0.15) is 20.3 Å². The first-order valence-electron chi connectivity index (χ1n) is 3.42. The zero-order valence-electron chi connectivity index (χ0n) is 6.35. The molecule has 1 radical (unpaired) electrons. The van der Waals surface area contributed by atoms with Crippen LogP contribution in [0, 0.1) is 5.92 Å². The summed E-state index contributed by atoms with van der Waals surface area (Å²) in [5, 5.41) is 0. The summed E-state index contributed by atoms with van der Waals surface area (Å²) in [6.07, 6.45) is 6.74. The summed E-state index contributed by atoms with van der Waals surface area (Å²) < 4.78 is 0. The second-order valence-electron chi connectivity index (χ2n) is 2.57. The van der Waals surface area contributed by atoms with E-state index < -0.39 is 0 Å². The van der Waals surface area contributed by atoms with Crippen LogP contribution < -0.4 is 0 Å². The highest BCUT2D eigenvalue weighted by Crippen LogP contribution is 2.17. The molecule has 1 aliphatic rings. The molecule has 1 heteroatoms. The minimum atomic E-state index is 0.181. The highest BCUT2D eigenvalue weighted by atomic mass is 16.1. The Balaban J connectivity index is 2.60. The second-order valence-corrected chi connectivity index (χ2v) is 2.57. The van der Waals surface area contributed by atoms with Gasteiger partial charge in [0.25, 0.3) is 0 Å². The van der Waals surface area contributed by atoms with Gasteiger partial charge in [0.05, 0.1) is 5.92 Å². The highest BCUT2D eigenvalue weighted by Gasteiger charge is 2.11. The van der Waals surface area contributed by atoms with Crippen LogP contribution in [0.5, 0.6) is 0 Å². The maximum absolute atomic E-state index is 10.8. The lowest BCUT2D eigenvalue weighted by molar-refractivity contribution is -0.114. The first-order valence-corrected chi connectivity index (χ1v) is 3.42. The van der Waals surface area contributed by atoms with Crippen molar-refractivity contribution in [2.75, 3.05) is 0 Å². The summed E-state index contributed by atoms with van der Waals surface area (Å²) in [6, 6.07) is 0. The molecule has 0 aromatic heterocycles. The van der Waals surface area contributed by atoms with Crippen molar-refractivity contribution in [2.24, 2.45) is 0 Å². The molecule has 0 saturated carbocycles.